The van der Waals surface area contributed by atoms with Crippen LogP contribution in [0.1, 0.15) is 0 Å². The highest BCUT2D eigenvalue weighted by molar-refractivity contribution is 4.15. The van der Waals surface area contributed by atoms with Crippen LogP contribution in [0.4, 0.5) is 0 Å². The average Bonchev–Trinajstić information content (AvgIpc) is 1.46. The van der Waals surface area contributed by atoms with Gasteiger partial charge in [0.15, 0.2) is 0 Å². The normalized spacial score (nSPS) is 18.0. The first-order valence-corrected chi connectivity index (χ1v) is 0.846. The summed E-state index contributed by atoms with van der Waals surface area (Å²) >= 11 is 0. The van der Waals surface area contributed by atoms with Gasteiger partial charge in [0.2, 0.25) is 0 Å². The highest BCUT2D eigenvalue weighted by Gasteiger charge is 1.91. The van der Waals surface area contributed by atoms with Crippen molar-refractivity contribution in [1.82, 2.24) is 5.48 Å². The van der Waals surface area contributed by atoms with Crippen molar-refractivity contribution in [3.8, 4) is 0 Å². The van der Waals surface area contributed by atoms with Gasteiger partial charge >= 0.3 is 0 Å². The number of hydrogen-bond donors (Lipinski definition) is 1. The highest BCUT2D eigenvalue weighted by atomic mass is 16.8. The van der Waals surface area contributed by atoms with E-state index in [1.165, 1.54) is 0 Å². The Morgan fingerprint density at radius 1 is 1.75 bits per heavy atom. The summed E-state index contributed by atoms with van der Waals surface area (Å²) in [6, 6.07) is 0. The summed E-state index contributed by atoms with van der Waals surface area (Å²) in [5, 5.41) is 0. The molecule has 0 aromatic heterocycles. The molecule has 0 aromatic carbocycles. The molecule has 4 heavy (non-hydrogen) atoms. The van der Waals surface area contributed by atoms with Crippen molar-refractivity contribution in [2.75, 3.05) is 6.73 Å². The Morgan fingerprint density at radius 2 is 2.00 bits per heavy atom. The van der Waals surface area contributed by atoms with Crippen LogP contribution in [0, 0.1) is 0 Å². The number of hydrogen-bond acceptors (Lipinski definition) is 2. The molecule has 3 N–H and O–H groups in total. The predicted molar refractivity (Wildman–Crippen MR) is 12.7 cm³/mol. The monoisotopic (exact) mass is 63.0 g/mol. The molecule has 0 unspecified atom stereocenters. The van der Waals surface area contributed by atoms with Gasteiger partial charge in [-0.05, 0) is 0 Å². The van der Waals surface area contributed by atoms with E-state index in [9.17, 15) is 0 Å². The molecule has 0 bridgehead atoms. The van der Waals surface area contributed by atoms with Crippen molar-refractivity contribution in [3.63, 3.8) is 0 Å². The fraction of sp³-hybridized carbons (Fsp3) is 1.00. The van der Waals surface area contributed by atoms with Gasteiger partial charge in [-0.1, -0.05) is 0 Å². The second-order valence-electron chi connectivity index (χ2n) is 0.433. The van der Waals surface area contributed by atoms with Crippen LogP contribution in [-0.4, -0.2) is 12.2 Å². The maximum Gasteiger partial charge on any atom is 0.141 e. The molecule has 1 saturated heterocycles. The van der Waals surface area contributed by atoms with Gasteiger partial charge in [-0.2, -0.15) is 5.48 Å². The maximum atomic E-state index is 4.25. The molecule has 1 aliphatic heterocycles. The SMILES string of the molecule is C1NO1.O. The van der Waals surface area contributed by atoms with Gasteiger partial charge < -0.3 is 5.48 Å². The van der Waals surface area contributed by atoms with Crippen molar-refractivity contribution in [2.45, 2.75) is 0 Å². The van der Waals surface area contributed by atoms with Gasteiger partial charge in [0, 0.05) is 0 Å². The second-order valence-corrected chi connectivity index (χ2v) is 0.433. The molecule has 0 saturated carbocycles. The third kappa shape index (κ3) is 1.88. The minimum atomic E-state index is 0. The Balaban J connectivity index is 0.0000000900. The Kier molecular flexibility index (Phi) is 1.19. The molecular weight excluding hydrogens is 58.0 g/mol. The lowest BCUT2D eigenvalue weighted by atomic mass is 11.5. The minimum absolute atomic E-state index is 0. The molecule has 1 aliphatic rings. The van der Waals surface area contributed by atoms with Crippen LogP contribution < -0.4 is 5.48 Å². The zero-order valence-corrected chi connectivity index (χ0v) is 2.12. The van der Waals surface area contributed by atoms with Crippen molar-refractivity contribution in [1.29, 1.82) is 0 Å². The molecule has 1 fully saturated rings. The van der Waals surface area contributed by atoms with Gasteiger partial charge in [-0.25, -0.2) is 0 Å². The van der Waals surface area contributed by atoms with E-state index in [4.69, 9.17) is 0 Å². The second kappa shape index (κ2) is 1.23. The van der Waals surface area contributed by atoms with Gasteiger partial charge in [0.25, 0.3) is 0 Å². The van der Waals surface area contributed by atoms with Crippen molar-refractivity contribution >= 4 is 0 Å². The van der Waals surface area contributed by atoms with Gasteiger partial charge in [-0.15, -0.1) is 0 Å². The van der Waals surface area contributed by atoms with Crippen LogP contribution in [0.25, 0.3) is 0 Å². The van der Waals surface area contributed by atoms with E-state index in [-0.39, 0.29) is 5.48 Å². The van der Waals surface area contributed by atoms with Crippen molar-refractivity contribution in [3.05, 3.63) is 0 Å². The summed E-state index contributed by atoms with van der Waals surface area (Å²) in [6.45, 7) is 0.750. The Morgan fingerprint density at radius 3 is 2.00 bits per heavy atom. The fourth-order valence-electron chi connectivity index (χ4n) is 0. The molecule has 3 nitrogen and oxygen atoms in total. The number of rotatable bonds is 0. The van der Waals surface area contributed by atoms with Crippen LogP contribution in [-0.2, 0) is 4.84 Å². The molecule has 0 spiro atoms. The molecule has 1 heterocycles. The Bertz CT molecular complexity index is 10.8. The highest BCUT2D eigenvalue weighted by Crippen LogP contribution is 1.70. The average molecular weight is 63.1 g/mol. The third-order valence-electron chi connectivity index (χ3n) is 0.144. The van der Waals surface area contributed by atoms with E-state index in [2.05, 4.69) is 10.3 Å². The summed E-state index contributed by atoms with van der Waals surface area (Å²) in [7, 11) is 0. The molecule has 1 rings (SSSR count). The zero-order valence-electron chi connectivity index (χ0n) is 2.12. The van der Waals surface area contributed by atoms with Crippen LogP contribution in [0.15, 0.2) is 0 Å². The molecule has 0 atom stereocenters. The number of nitrogens with one attached hydrogen (secondary N) is 1. The van der Waals surface area contributed by atoms with Gasteiger partial charge in [-0.3, -0.25) is 4.84 Å². The standard InChI is InChI=1S/CH3NO.H2O/c1-2-3-1;/h2H,1H2;1H2. The quantitative estimate of drug-likeness (QED) is 0.353. The van der Waals surface area contributed by atoms with Crippen LogP contribution >= 0.6 is 0 Å². The zero-order chi connectivity index (χ0) is 2.12. The summed E-state index contributed by atoms with van der Waals surface area (Å²) in [4.78, 5) is 4.25. The van der Waals surface area contributed by atoms with E-state index in [0.29, 0.717) is 0 Å². The summed E-state index contributed by atoms with van der Waals surface area (Å²) in [5.74, 6) is 0. The molecule has 0 aliphatic carbocycles. The minimum Gasteiger partial charge on any atom is -0.412 e. The van der Waals surface area contributed by atoms with Crippen LogP contribution in [0.3, 0.4) is 0 Å². The molecule has 26 valence electrons. The molecule has 0 amide bonds. The largest absolute Gasteiger partial charge is 0.412 e. The van der Waals surface area contributed by atoms with E-state index in [1.54, 1.807) is 0 Å². The summed E-state index contributed by atoms with van der Waals surface area (Å²) < 4.78 is 0. The van der Waals surface area contributed by atoms with E-state index in [1.807, 2.05) is 0 Å². The van der Waals surface area contributed by atoms with Crippen molar-refractivity contribution in [2.24, 2.45) is 0 Å². The summed E-state index contributed by atoms with van der Waals surface area (Å²) in [6.07, 6.45) is 0. The van der Waals surface area contributed by atoms with Crippen LogP contribution in [0.2, 0.25) is 0 Å². The van der Waals surface area contributed by atoms with Crippen molar-refractivity contribution < 1.29 is 10.3 Å². The molecular formula is CH5NO2. The van der Waals surface area contributed by atoms with E-state index in [0.717, 1.165) is 6.73 Å². The smallest absolute Gasteiger partial charge is 0.141 e. The lowest BCUT2D eigenvalue weighted by Gasteiger charge is -1.23. The predicted octanol–water partition coefficient (Wildman–Crippen LogP) is -1.35. The Labute approximate surface area is 23.8 Å². The van der Waals surface area contributed by atoms with E-state index < -0.39 is 0 Å². The first-order valence-electron chi connectivity index (χ1n) is 0.846. The first kappa shape index (κ1) is 3.88. The molecule has 0 radical (unpaired) electrons. The summed E-state index contributed by atoms with van der Waals surface area (Å²) in [5.41, 5.74) is 2.50. The lowest BCUT2D eigenvalue weighted by Crippen LogP contribution is -1.54. The van der Waals surface area contributed by atoms with Gasteiger partial charge in [0.05, 0.1) is 0 Å². The van der Waals surface area contributed by atoms with E-state index >= 15 is 0 Å². The lowest BCUT2D eigenvalue weighted by molar-refractivity contribution is 0.412. The molecule has 3 heteroatoms. The maximum absolute atomic E-state index is 4.25. The number of hydroxylamine groups is 1. The van der Waals surface area contributed by atoms with Crippen LogP contribution in [0.5, 0.6) is 0 Å². The molecule has 0 aromatic rings. The third-order valence-corrected chi connectivity index (χ3v) is 0.144. The topological polar surface area (TPSA) is 66.0 Å². The fourth-order valence-corrected chi connectivity index (χ4v) is 0. The van der Waals surface area contributed by atoms with Gasteiger partial charge in [0.1, 0.15) is 6.73 Å². The first-order chi connectivity index (χ1) is 1.50. The Hall–Kier alpha value is -0.120.